The summed E-state index contributed by atoms with van der Waals surface area (Å²) in [5.41, 5.74) is 0. The topological polar surface area (TPSA) is 9.72 Å². The molecule has 3 fully saturated rings. The van der Waals surface area contributed by atoms with Crippen molar-refractivity contribution in [3.63, 3.8) is 0 Å². The first-order chi connectivity index (χ1) is 13.7. The molecule has 3 aliphatic rings. The van der Waals surface area contributed by atoms with Gasteiger partial charge in [0.15, 0.2) is 0 Å². The summed E-state index contributed by atoms with van der Waals surface area (Å²) in [6.45, 7) is 14.1. The van der Waals surface area contributed by atoms with E-state index in [1.807, 2.05) is 0 Å². The maximum absolute atomic E-state index is 2.84. The molecule has 29 heavy (non-hydrogen) atoms. The predicted octanol–water partition coefficient (Wildman–Crippen LogP) is 5.98. The van der Waals surface area contributed by atoms with Gasteiger partial charge in [-0.2, -0.15) is 0 Å². The van der Waals surface area contributed by atoms with Crippen LogP contribution in [-0.2, 0) is 0 Å². The van der Waals surface area contributed by atoms with Gasteiger partial charge in [0.05, 0.1) is 0 Å². The van der Waals surface area contributed by atoms with E-state index in [2.05, 4.69) is 132 Å². The van der Waals surface area contributed by atoms with E-state index in [-0.39, 0.29) is 0 Å². The number of hydrogen-bond donors (Lipinski definition) is 0. The van der Waals surface area contributed by atoms with Crippen molar-refractivity contribution in [2.24, 2.45) is 0 Å². The average molecular weight is 621 g/mol. The van der Waals surface area contributed by atoms with Crippen LogP contribution in [0.5, 0.6) is 0 Å². The maximum atomic E-state index is 2.84. The molecule has 0 atom stereocenters. The Morgan fingerprint density at radius 2 is 0.724 bits per heavy atom. The third-order valence-electron chi connectivity index (χ3n) is 6.06. The molecule has 0 aromatic rings. The third kappa shape index (κ3) is 6.47. The molecule has 0 unspecified atom stereocenters. The van der Waals surface area contributed by atoms with Gasteiger partial charge in [-0.25, -0.2) is 0 Å². The van der Waals surface area contributed by atoms with Gasteiger partial charge in [-0.05, 0) is 0 Å². The van der Waals surface area contributed by atoms with Crippen molar-refractivity contribution >= 4 is 88.9 Å². The van der Waals surface area contributed by atoms with Gasteiger partial charge >= 0.3 is 211 Å². The Labute approximate surface area is 209 Å². The van der Waals surface area contributed by atoms with Crippen molar-refractivity contribution in [2.75, 3.05) is 35.3 Å². The molecule has 3 aliphatic heterocycles. The summed E-state index contributed by atoms with van der Waals surface area (Å²) in [7, 11) is 0. The van der Waals surface area contributed by atoms with Crippen LogP contribution in [0, 0.1) is 0 Å². The van der Waals surface area contributed by atoms with Gasteiger partial charge in [-0.1, -0.05) is 0 Å². The first kappa shape index (κ1) is 26.4. The van der Waals surface area contributed by atoms with Gasteiger partial charge in [-0.15, -0.1) is 0 Å². The molecule has 10 heteroatoms. The molecule has 3 heterocycles. The van der Waals surface area contributed by atoms with Crippen molar-refractivity contribution in [3.05, 3.63) is 0 Å². The number of rotatable bonds is 6. The van der Waals surface area contributed by atoms with Gasteiger partial charge in [0, 0.05) is 0 Å². The molecule has 0 spiro atoms. The first-order valence-electron chi connectivity index (χ1n) is 10.6. The van der Waals surface area contributed by atoms with E-state index in [9.17, 15) is 0 Å². The summed E-state index contributed by atoms with van der Waals surface area (Å²) in [4.78, 5) is 10.8. The summed E-state index contributed by atoms with van der Waals surface area (Å²) in [6, 6.07) is 2.02. The van der Waals surface area contributed by atoms with Crippen molar-refractivity contribution in [3.8, 4) is 0 Å². The Morgan fingerprint density at radius 3 is 0.897 bits per heavy atom. The standard InChI is InChI=1S/3C6H12NS2.CH3.Sn/c3*1-6(2)7-3-8-5-9-4-7;;/h3*5-6H,3-4H2,1-2H3;1H3;. The Kier molecular flexibility index (Phi) is 10.9. The quantitative estimate of drug-likeness (QED) is 0.329. The van der Waals surface area contributed by atoms with Crippen LogP contribution in [-0.4, -0.2) is 94.3 Å². The van der Waals surface area contributed by atoms with Crippen LogP contribution >= 0.6 is 70.6 Å². The molecule has 3 saturated heterocycles. The minimum absolute atomic E-state index is 0.675. The van der Waals surface area contributed by atoms with E-state index in [0.29, 0.717) is 18.1 Å². The fourth-order valence-electron chi connectivity index (χ4n) is 3.54. The Bertz CT molecular complexity index is 433. The fourth-order valence-corrected chi connectivity index (χ4v) is 54.7. The van der Waals surface area contributed by atoms with Crippen LogP contribution in [0.1, 0.15) is 41.5 Å². The molecule has 0 aromatic heterocycles. The SMILES string of the molecule is CC(C)N1CS[CH]([Sn]([CH3])([CH]2SCN(C(C)C)CS2)[CH]2SCN(C(C)C)CS2)SC1. The third-order valence-corrected chi connectivity index (χ3v) is 50.9. The molecule has 0 aromatic carbocycles. The van der Waals surface area contributed by atoms with Crippen LogP contribution in [0.15, 0.2) is 0 Å². The molecule has 0 aliphatic carbocycles. The molecule has 0 saturated carbocycles. The number of nitrogens with zero attached hydrogens (tertiary/aromatic N) is 3. The van der Waals surface area contributed by atoms with Crippen LogP contribution in [0.25, 0.3) is 0 Å². The average Bonchev–Trinajstić information content (AvgIpc) is 2.73. The zero-order chi connectivity index (χ0) is 21.2. The molecule has 3 rings (SSSR count). The molecule has 170 valence electrons. The van der Waals surface area contributed by atoms with Gasteiger partial charge in [0.2, 0.25) is 0 Å². The summed E-state index contributed by atoms with van der Waals surface area (Å²) in [5, 5.41) is 0. The van der Waals surface area contributed by atoms with Gasteiger partial charge < -0.3 is 0 Å². The van der Waals surface area contributed by atoms with E-state index in [1.54, 1.807) is 0 Å². The Morgan fingerprint density at radius 1 is 0.517 bits per heavy atom. The van der Waals surface area contributed by atoms with Crippen molar-refractivity contribution in [1.29, 1.82) is 0 Å². The van der Waals surface area contributed by atoms with Crippen LogP contribution in [0.4, 0.5) is 0 Å². The van der Waals surface area contributed by atoms with Crippen molar-refractivity contribution in [1.82, 2.24) is 14.7 Å². The van der Waals surface area contributed by atoms with Crippen molar-refractivity contribution in [2.45, 2.75) is 72.4 Å². The summed E-state index contributed by atoms with van der Waals surface area (Å²) < 4.78 is 2.68. The second-order valence-corrected chi connectivity index (χ2v) is 36.4. The molecule has 0 radical (unpaired) electrons. The van der Waals surface area contributed by atoms with Crippen LogP contribution < -0.4 is 0 Å². The van der Waals surface area contributed by atoms with Gasteiger partial charge in [0.25, 0.3) is 0 Å². The van der Waals surface area contributed by atoms with Crippen LogP contribution in [0.2, 0.25) is 4.94 Å². The van der Waals surface area contributed by atoms with Gasteiger partial charge in [-0.3, -0.25) is 0 Å². The molecule has 0 N–H and O–H groups in total. The summed E-state index contributed by atoms with van der Waals surface area (Å²) in [5.74, 6) is 7.43. The molecular weight excluding hydrogens is 581 g/mol. The Balaban J connectivity index is 1.73. The van der Waals surface area contributed by atoms with E-state index < -0.39 is 18.4 Å². The van der Waals surface area contributed by atoms with E-state index >= 15 is 0 Å². The van der Waals surface area contributed by atoms with E-state index in [4.69, 9.17) is 0 Å². The normalized spacial score (nSPS) is 26.3. The van der Waals surface area contributed by atoms with E-state index in [1.165, 1.54) is 35.3 Å². The minimum atomic E-state index is -2.50. The zero-order valence-electron chi connectivity index (χ0n) is 19.0. The van der Waals surface area contributed by atoms with Crippen LogP contribution in [0.3, 0.4) is 0 Å². The molecule has 0 amide bonds. The fraction of sp³-hybridized carbons (Fsp3) is 1.00. The van der Waals surface area contributed by atoms with E-state index in [0.717, 1.165) is 7.79 Å². The van der Waals surface area contributed by atoms with Gasteiger partial charge in [0.1, 0.15) is 0 Å². The number of thioether (sulfide) groups is 6. The molecule has 0 bridgehead atoms. The predicted molar refractivity (Wildman–Crippen MR) is 149 cm³/mol. The zero-order valence-corrected chi connectivity index (χ0v) is 26.8. The summed E-state index contributed by atoms with van der Waals surface area (Å²) in [6.07, 6.45) is 0. The molecule has 3 nitrogen and oxygen atoms in total. The second kappa shape index (κ2) is 12.0. The molecular formula is C19H39N3S6Sn. The number of hydrogen-bond acceptors (Lipinski definition) is 9. The second-order valence-electron chi connectivity index (χ2n) is 9.18. The summed E-state index contributed by atoms with van der Waals surface area (Å²) >= 11 is 11.4. The first-order valence-corrected chi connectivity index (χ1v) is 24.7. The Hall–Kier alpha value is 2.78. The van der Waals surface area contributed by atoms with Crippen molar-refractivity contribution < 1.29 is 0 Å². The monoisotopic (exact) mass is 621 g/mol.